The number of carbonyl (C=O) groups is 1. The number of rotatable bonds is 3. The molecule has 2 N–H and O–H groups in total. The summed E-state index contributed by atoms with van der Waals surface area (Å²) >= 11 is 0. The van der Waals surface area contributed by atoms with E-state index in [-0.39, 0.29) is 12.1 Å². The zero-order valence-electron chi connectivity index (χ0n) is 7.99. The minimum atomic E-state index is -0.538. The molecule has 4 nitrogen and oxygen atoms in total. The molecule has 13 heavy (non-hydrogen) atoms. The van der Waals surface area contributed by atoms with Gasteiger partial charge in [0, 0.05) is 6.61 Å². The largest absolute Gasteiger partial charge is 0.462 e. The van der Waals surface area contributed by atoms with Crippen LogP contribution in [-0.2, 0) is 14.3 Å². The van der Waals surface area contributed by atoms with Gasteiger partial charge in [0.1, 0.15) is 12.6 Å². The average molecular weight is 187 g/mol. The van der Waals surface area contributed by atoms with E-state index in [9.17, 15) is 4.79 Å². The van der Waals surface area contributed by atoms with Crippen LogP contribution < -0.4 is 5.73 Å². The molecule has 1 heterocycles. The lowest BCUT2D eigenvalue weighted by atomic mass is 10.1. The van der Waals surface area contributed by atoms with Crippen LogP contribution in [0.15, 0.2) is 0 Å². The Morgan fingerprint density at radius 1 is 1.69 bits per heavy atom. The molecule has 0 aliphatic carbocycles. The van der Waals surface area contributed by atoms with E-state index >= 15 is 0 Å². The maximum atomic E-state index is 11.0. The van der Waals surface area contributed by atoms with Gasteiger partial charge in [-0.05, 0) is 26.2 Å². The van der Waals surface area contributed by atoms with Crippen LogP contribution in [0.2, 0.25) is 0 Å². The second-order valence-corrected chi connectivity index (χ2v) is 3.41. The topological polar surface area (TPSA) is 61.6 Å². The predicted molar refractivity (Wildman–Crippen MR) is 48.2 cm³/mol. The molecule has 0 spiro atoms. The molecule has 4 heteroatoms. The molecule has 1 unspecified atom stereocenters. The minimum absolute atomic E-state index is 0.0800. The second-order valence-electron chi connectivity index (χ2n) is 3.41. The third kappa shape index (κ3) is 3.74. The summed E-state index contributed by atoms with van der Waals surface area (Å²) < 4.78 is 10.3. The summed E-state index contributed by atoms with van der Waals surface area (Å²) in [6.07, 6.45) is 3.32. The molecule has 0 amide bonds. The Labute approximate surface area is 78.4 Å². The second kappa shape index (κ2) is 5.19. The Bertz CT molecular complexity index is 164. The quantitative estimate of drug-likeness (QED) is 0.651. The fourth-order valence-corrected chi connectivity index (χ4v) is 1.25. The van der Waals surface area contributed by atoms with Crippen LogP contribution in [0.25, 0.3) is 0 Å². The zero-order valence-corrected chi connectivity index (χ0v) is 7.99. The van der Waals surface area contributed by atoms with Gasteiger partial charge < -0.3 is 15.2 Å². The molecule has 1 fully saturated rings. The van der Waals surface area contributed by atoms with Crippen LogP contribution in [0.3, 0.4) is 0 Å². The van der Waals surface area contributed by atoms with Gasteiger partial charge in [0.15, 0.2) is 0 Å². The Morgan fingerprint density at radius 2 is 2.46 bits per heavy atom. The molecule has 1 aliphatic heterocycles. The average Bonchev–Trinajstić information content (AvgIpc) is 2.15. The summed E-state index contributed by atoms with van der Waals surface area (Å²) in [6.45, 7) is 2.74. The van der Waals surface area contributed by atoms with Crippen molar-refractivity contribution in [2.45, 2.75) is 38.3 Å². The fraction of sp³-hybridized carbons (Fsp3) is 0.889. The third-order valence-corrected chi connectivity index (χ3v) is 2.06. The first-order valence-corrected chi connectivity index (χ1v) is 4.74. The summed E-state index contributed by atoms with van der Waals surface area (Å²) in [6, 6.07) is -0.538. The molecule has 0 bridgehead atoms. The van der Waals surface area contributed by atoms with Crippen LogP contribution in [-0.4, -0.2) is 31.3 Å². The van der Waals surface area contributed by atoms with Crippen molar-refractivity contribution in [2.75, 3.05) is 13.2 Å². The van der Waals surface area contributed by atoms with Gasteiger partial charge in [-0.1, -0.05) is 0 Å². The SMILES string of the molecule is C[C@@H](N)C(=O)OCC1CCCCO1. The third-order valence-electron chi connectivity index (χ3n) is 2.06. The van der Waals surface area contributed by atoms with E-state index in [0.717, 1.165) is 25.9 Å². The van der Waals surface area contributed by atoms with Crippen LogP contribution in [0, 0.1) is 0 Å². The van der Waals surface area contributed by atoms with Gasteiger partial charge in [-0.2, -0.15) is 0 Å². The molecular formula is C9H17NO3. The lowest BCUT2D eigenvalue weighted by molar-refractivity contribution is -0.150. The van der Waals surface area contributed by atoms with Crippen molar-refractivity contribution >= 4 is 5.97 Å². The monoisotopic (exact) mass is 187 g/mol. The van der Waals surface area contributed by atoms with Crippen LogP contribution in [0.4, 0.5) is 0 Å². The maximum Gasteiger partial charge on any atom is 0.322 e. The summed E-state index contributed by atoms with van der Waals surface area (Å²) in [4.78, 5) is 11.0. The molecule has 1 rings (SSSR count). The normalized spacial score (nSPS) is 25.2. The maximum absolute atomic E-state index is 11.0. The van der Waals surface area contributed by atoms with Crippen molar-refractivity contribution in [1.29, 1.82) is 0 Å². The molecule has 1 saturated heterocycles. The first-order valence-electron chi connectivity index (χ1n) is 4.74. The van der Waals surface area contributed by atoms with E-state index in [1.165, 1.54) is 0 Å². The summed E-state index contributed by atoms with van der Waals surface area (Å²) in [5.41, 5.74) is 5.34. The van der Waals surface area contributed by atoms with E-state index in [1.54, 1.807) is 6.92 Å². The standard InChI is InChI=1S/C9H17NO3/c1-7(10)9(11)13-6-8-4-2-3-5-12-8/h7-8H,2-6,10H2,1H3/t7-,8?/m1/s1. The predicted octanol–water partition coefficient (Wildman–Crippen LogP) is 0.446. The number of carbonyl (C=O) groups excluding carboxylic acids is 1. The molecule has 0 radical (unpaired) electrons. The van der Waals surface area contributed by atoms with Gasteiger partial charge >= 0.3 is 5.97 Å². The molecule has 0 saturated carbocycles. The molecule has 0 aromatic rings. The lowest BCUT2D eigenvalue weighted by Crippen LogP contribution is -2.33. The summed E-state index contributed by atoms with van der Waals surface area (Å²) in [5, 5.41) is 0. The Kier molecular flexibility index (Phi) is 4.18. The number of hydrogen-bond acceptors (Lipinski definition) is 4. The smallest absolute Gasteiger partial charge is 0.322 e. The highest BCUT2D eigenvalue weighted by Crippen LogP contribution is 2.12. The Balaban J connectivity index is 2.13. The van der Waals surface area contributed by atoms with Gasteiger partial charge in [0.05, 0.1) is 6.10 Å². The van der Waals surface area contributed by atoms with Gasteiger partial charge in [-0.25, -0.2) is 0 Å². The number of esters is 1. The first-order chi connectivity index (χ1) is 6.20. The number of nitrogens with two attached hydrogens (primary N) is 1. The summed E-state index contributed by atoms with van der Waals surface area (Å²) in [7, 11) is 0. The van der Waals surface area contributed by atoms with Gasteiger partial charge in [-0.3, -0.25) is 4.79 Å². The molecular weight excluding hydrogens is 170 g/mol. The highest BCUT2D eigenvalue weighted by Gasteiger charge is 2.17. The highest BCUT2D eigenvalue weighted by molar-refractivity contribution is 5.74. The van der Waals surface area contributed by atoms with E-state index in [1.807, 2.05) is 0 Å². The lowest BCUT2D eigenvalue weighted by Gasteiger charge is -2.22. The van der Waals surface area contributed by atoms with Crippen molar-refractivity contribution in [2.24, 2.45) is 5.73 Å². The van der Waals surface area contributed by atoms with Crippen molar-refractivity contribution < 1.29 is 14.3 Å². The van der Waals surface area contributed by atoms with Crippen LogP contribution in [0.5, 0.6) is 0 Å². The first kappa shape index (κ1) is 10.5. The van der Waals surface area contributed by atoms with E-state index < -0.39 is 6.04 Å². The molecule has 0 aromatic heterocycles. The number of ether oxygens (including phenoxy) is 2. The highest BCUT2D eigenvalue weighted by atomic mass is 16.6. The molecule has 2 atom stereocenters. The molecule has 0 aromatic carbocycles. The van der Waals surface area contributed by atoms with Crippen molar-refractivity contribution in [3.63, 3.8) is 0 Å². The molecule has 1 aliphatic rings. The van der Waals surface area contributed by atoms with Crippen molar-refractivity contribution in [3.05, 3.63) is 0 Å². The van der Waals surface area contributed by atoms with E-state index in [4.69, 9.17) is 15.2 Å². The van der Waals surface area contributed by atoms with E-state index in [0.29, 0.717) is 6.61 Å². The van der Waals surface area contributed by atoms with Crippen molar-refractivity contribution in [1.82, 2.24) is 0 Å². The Morgan fingerprint density at radius 3 is 3.00 bits per heavy atom. The van der Waals surface area contributed by atoms with Crippen LogP contribution >= 0.6 is 0 Å². The zero-order chi connectivity index (χ0) is 9.68. The summed E-state index contributed by atoms with van der Waals surface area (Å²) in [5.74, 6) is -0.353. The van der Waals surface area contributed by atoms with Gasteiger partial charge in [-0.15, -0.1) is 0 Å². The Hall–Kier alpha value is -0.610. The van der Waals surface area contributed by atoms with E-state index in [2.05, 4.69) is 0 Å². The number of hydrogen-bond donors (Lipinski definition) is 1. The fourth-order valence-electron chi connectivity index (χ4n) is 1.25. The van der Waals surface area contributed by atoms with Crippen LogP contribution in [0.1, 0.15) is 26.2 Å². The molecule has 76 valence electrons. The minimum Gasteiger partial charge on any atom is -0.462 e. The van der Waals surface area contributed by atoms with Crippen molar-refractivity contribution in [3.8, 4) is 0 Å². The van der Waals surface area contributed by atoms with Gasteiger partial charge in [0.25, 0.3) is 0 Å². The van der Waals surface area contributed by atoms with Gasteiger partial charge in [0.2, 0.25) is 0 Å².